The Morgan fingerprint density at radius 3 is 2.40 bits per heavy atom. The number of ether oxygens (including phenoxy) is 1. The molecular weight excluding hydrogens is 284 g/mol. The van der Waals surface area contributed by atoms with Crippen molar-refractivity contribution in [1.82, 2.24) is 10.4 Å². The first-order chi connectivity index (χ1) is 8.90. The molecule has 0 saturated heterocycles. The molecule has 1 atom stereocenters. The lowest BCUT2D eigenvalue weighted by molar-refractivity contribution is 0.0352. The summed E-state index contributed by atoms with van der Waals surface area (Å²) in [5.41, 5.74) is 2.37. The third-order valence-corrected chi connectivity index (χ3v) is 3.30. The minimum Gasteiger partial charge on any atom is -0.443 e. The molecule has 8 heteroatoms. The first-order valence-electron chi connectivity index (χ1n) is 6.06. The number of allylic oxidation sites excluding steroid dienone is 2. The third-order valence-electron chi connectivity index (χ3n) is 2.45. The Bertz CT molecular complexity index is 557. The molecule has 0 radical (unpaired) electrons. The van der Waals surface area contributed by atoms with E-state index in [0.29, 0.717) is 5.70 Å². The number of carbonyl (C=O) groups excluding carboxylic acids is 1. The zero-order valence-electron chi connectivity index (χ0n) is 12.2. The fourth-order valence-corrected chi connectivity index (χ4v) is 2.40. The van der Waals surface area contributed by atoms with E-state index >= 15 is 0 Å². The average molecular weight is 304 g/mol. The van der Waals surface area contributed by atoms with E-state index in [2.05, 4.69) is 5.43 Å². The van der Waals surface area contributed by atoms with Gasteiger partial charge < -0.3 is 4.74 Å². The highest BCUT2D eigenvalue weighted by molar-refractivity contribution is 7.90. The quantitative estimate of drug-likeness (QED) is 0.755. The van der Waals surface area contributed by atoms with Gasteiger partial charge in [0.2, 0.25) is 0 Å². The van der Waals surface area contributed by atoms with E-state index < -0.39 is 27.9 Å². The van der Waals surface area contributed by atoms with Gasteiger partial charge in [0, 0.05) is 5.70 Å². The summed E-state index contributed by atoms with van der Waals surface area (Å²) in [7, 11) is -4.26. The maximum absolute atomic E-state index is 11.7. The Balaban J connectivity index is 2.84. The topological polar surface area (TPSA) is 95.9 Å². The third kappa shape index (κ3) is 4.53. The number of nitrogens with zero attached hydrogens (tertiary/aromatic N) is 1. The molecule has 1 aliphatic heterocycles. The summed E-state index contributed by atoms with van der Waals surface area (Å²) in [6.07, 6.45) is 1.97. The van der Waals surface area contributed by atoms with Gasteiger partial charge in [-0.05, 0) is 46.8 Å². The normalized spacial score (nSPS) is 20.1. The molecule has 0 bridgehead atoms. The minimum atomic E-state index is -4.26. The Hall–Kier alpha value is -1.54. The van der Waals surface area contributed by atoms with Gasteiger partial charge >= 0.3 is 6.09 Å². The molecule has 0 aromatic heterocycles. The molecule has 1 rings (SSSR count). The molecule has 0 aliphatic carbocycles. The van der Waals surface area contributed by atoms with E-state index in [1.54, 1.807) is 34.6 Å². The molecule has 20 heavy (non-hydrogen) atoms. The van der Waals surface area contributed by atoms with Crippen molar-refractivity contribution in [2.24, 2.45) is 0 Å². The summed E-state index contributed by atoms with van der Waals surface area (Å²) in [6, 6.07) is -0.440. The highest BCUT2D eigenvalue weighted by Gasteiger charge is 2.26. The second kappa shape index (κ2) is 5.45. The van der Waals surface area contributed by atoms with Crippen molar-refractivity contribution in [3.8, 4) is 0 Å². The molecule has 114 valence electrons. The molecule has 0 aromatic carbocycles. The van der Waals surface area contributed by atoms with Crippen molar-refractivity contribution in [3.05, 3.63) is 22.8 Å². The largest absolute Gasteiger partial charge is 0.443 e. The lowest BCUT2D eigenvalue weighted by atomic mass is 10.2. The van der Waals surface area contributed by atoms with E-state index in [0.717, 1.165) is 0 Å². The second-order valence-electron chi connectivity index (χ2n) is 5.55. The van der Waals surface area contributed by atoms with Gasteiger partial charge in [0.25, 0.3) is 10.1 Å². The van der Waals surface area contributed by atoms with Crippen molar-refractivity contribution < 1.29 is 22.5 Å². The van der Waals surface area contributed by atoms with Crippen LogP contribution in [-0.4, -0.2) is 35.7 Å². The zero-order chi connectivity index (χ0) is 15.7. The molecule has 0 fully saturated rings. The summed E-state index contributed by atoms with van der Waals surface area (Å²) in [6.45, 7) is 8.52. The van der Waals surface area contributed by atoms with Gasteiger partial charge in [0.05, 0.1) is 10.9 Å². The predicted octanol–water partition coefficient (Wildman–Crippen LogP) is 1.81. The van der Waals surface area contributed by atoms with Crippen molar-refractivity contribution in [3.63, 3.8) is 0 Å². The van der Waals surface area contributed by atoms with Gasteiger partial charge in [-0.15, -0.1) is 0 Å². The second-order valence-corrected chi connectivity index (χ2v) is 6.98. The van der Waals surface area contributed by atoms with E-state index in [1.165, 1.54) is 17.2 Å². The minimum absolute atomic E-state index is 0.190. The van der Waals surface area contributed by atoms with Crippen molar-refractivity contribution in [2.45, 2.75) is 46.3 Å². The summed E-state index contributed by atoms with van der Waals surface area (Å²) < 4.78 is 36.4. The molecule has 0 saturated carbocycles. The zero-order valence-corrected chi connectivity index (χ0v) is 13.0. The van der Waals surface area contributed by atoms with Crippen LogP contribution in [0.2, 0.25) is 0 Å². The lowest BCUT2D eigenvalue weighted by Gasteiger charge is -2.33. The summed E-state index contributed by atoms with van der Waals surface area (Å²) >= 11 is 0. The van der Waals surface area contributed by atoms with Gasteiger partial charge in [-0.2, -0.15) is 8.42 Å². The van der Waals surface area contributed by atoms with Crippen LogP contribution >= 0.6 is 0 Å². The van der Waals surface area contributed by atoms with Gasteiger partial charge in [-0.1, -0.05) is 0 Å². The molecule has 1 amide bonds. The van der Waals surface area contributed by atoms with Crippen LogP contribution in [0.5, 0.6) is 0 Å². The molecule has 1 heterocycles. The summed E-state index contributed by atoms with van der Waals surface area (Å²) in [5, 5.41) is 1.46. The van der Waals surface area contributed by atoms with E-state index in [1.807, 2.05) is 0 Å². The van der Waals surface area contributed by atoms with Gasteiger partial charge in [0.1, 0.15) is 5.60 Å². The van der Waals surface area contributed by atoms with Crippen LogP contribution in [0.15, 0.2) is 22.8 Å². The van der Waals surface area contributed by atoms with Crippen molar-refractivity contribution in [2.75, 3.05) is 0 Å². The van der Waals surface area contributed by atoms with Crippen LogP contribution in [0.1, 0.15) is 34.6 Å². The highest BCUT2D eigenvalue weighted by Crippen LogP contribution is 2.21. The van der Waals surface area contributed by atoms with Crippen LogP contribution in [0, 0.1) is 0 Å². The van der Waals surface area contributed by atoms with Crippen LogP contribution in [0.4, 0.5) is 4.79 Å². The smallest absolute Gasteiger partial charge is 0.426 e. The van der Waals surface area contributed by atoms with Gasteiger partial charge in [-0.3, -0.25) is 9.56 Å². The summed E-state index contributed by atoms with van der Waals surface area (Å²) in [5.74, 6) is 0. The Morgan fingerprint density at radius 1 is 1.45 bits per heavy atom. The average Bonchev–Trinajstić information content (AvgIpc) is 2.19. The summed E-state index contributed by atoms with van der Waals surface area (Å²) in [4.78, 5) is 11.5. The molecule has 1 unspecified atom stereocenters. The fourth-order valence-electron chi connectivity index (χ4n) is 1.71. The van der Waals surface area contributed by atoms with Gasteiger partial charge in [-0.25, -0.2) is 10.2 Å². The highest BCUT2D eigenvalue weighted by atomic mass is 32.2. The molecule has 2 N–H and O–H groups in total. The van der Waals surface area contributed by atoms with Crippen molar-refractivity contribution >= 4 is 16.2 Å². The molecule has 7 nitrogen and oxygen atoms in total. The number of hydrogen-bond donors (Lipinski definition) is 2. The Kier molecular flexibility index (Phi) is 4.50. The molecule has 0 aromatic rings. The lowest BCUT2D eigenvalue weighted by Crippen LogP contribution is -2.48. The van der Waals surface area contributed by atoms with Crippen LogP contribution in [0.3, 0.4) is 0 Å². The Labute approximate surface area is 119 Å². The molecule has 1 aliphatic rings. The van der Waals surface area contributed by atoms with Crippen LogP contribution in [0.25, 0.3) is 0 Å². The fraction of sp³-hybridized carbons (Fsp3) is 0.583. The Morgan fingerprint density at radius 2 is 2.00 bits per heavy atom. The number of carbonyl (C=O) groups is 1. The monoisotopic (exact) mass is 304 g/mol. The van der Waals surface area contributed by atoms with Crippen LogP contribution in [-0.2, 0) is 14.9 Å². The van der Waals surface area contributed by atoms with E-state index in [9.17, 15) is 13.2 Å². The number of hydrogen-bond acceptors (Lipinski definition) is 5. The van der Waals surface area contributed by atoms with Crippen LogP contribution < -0.4 is 5.43 Å². The molecular formula is C12H20N2O5S. The standard InChI is InChI=1S/C12H20N2O5S/c1-8-6-10(20(16,17)18)7-9(2)14(8)13-11(15)19-12(3,4)5/h6-8H,1-5H3,(H,13,15)(H,16,17,18). The maximum Gasteiger partial charge on any atom is 0.426 e. The number of amides is 1. The van der Waals surface area contributed by atoms with Crippen molar-refractivity contribution in [1.29, 1.82) is 0 Å². The number of hydrazine groups is 1. The van der Waals surface area contributed by atoms with E-state index in [4.69, 9.17) is 9.29 Å². The number of nitrogens with one attached hydrogen (secondary N) is 1. The number of rotatable bonds is 2. The van der Waals surface area contributed by atoms with E-state index in [-0.39, 0.29) is 4.91 Å². The maximum atomic E-state index is 11.7. The predicted molar refractivity (Wildman–Crippen MR) is 74.1 cm³/mol. The van der Waals surface area contributed by atoms with Gasteiger partial charge in [0.15, 0.2) is 0 Å². The first-order valence-corrected chi connectivity index (χ1v) is 7.50. The molecule has 0 spiro atoms. The first kappa shape index (κ1) is 16.5. The SMILES string of the molecule is CC1=CC(S(=O)(=O)O)=CC(C)N1NC(=O)OC(C)(C)C.